The van der Waals surface area contributed by atoms with E-state index in [1.54, 1.807) is 12.4 Å². The molecule has 0 saturated heterocycles. The molecule has 0 aliphatic heterocycles. The second-order valence-corrected chi connectivity index (χ2v) is 5.61. The molecule has 0 atom stereocenters. The number of anilines is 1. The lowest BCUT2D eigenvalue weighted by Crippen LogP contribution is -2.18. The molecule has 0 spiro atoms. The number of hydrogen-bond acceptors (Lipinski definition) is 5. The van der Waals surface area contributed by atoms with Crippen LogP contribution in [0.2, 0.25) is 0 Å². The molecule has 0 unspecified atom stereocenters. The number of hydrogen-bond donors (Lipinski definition) is 1. The summed E-state index contributed by atoms with van der Waals surface area (Å²) in [4.78, 5) is 12.9. The smallest absolute Gasteiger partial charge is 0.180 e. The maximum atomic E-state index is 4.45. The van der Waals surface area contributed by atoms with Gasteiger partial charge in [0.15, 0.2) is 5.65 Å². The fourth-order valence-electron chi connectivity index (χ4n) is 1.80. The lowest BCUT2D eigenvalue weighted by molar-refractivity contribution is 0.941. The lowest BCUT2D eigenvalue weighted by atomic mass is 10.3. The fourth-order valence-corrected chi connectivity index (χ4v) is 2.52. The van der Waals surface area contributed by atoms with Crippen LogP contribution in [0.5, 0.6) is 0 Å². The second-order valence-electron chi connectivity index (χ2n) is 4.34. The minimum absolute atomic E-state index is 0.443. The van der Waals surface area contributed by atoms with E-state index in [9.17, 15) is 0 Å². The van der Waals surface area contributed by atoms with Gasteiger partial charge in [-0.15, -0.1) is 0 Å². The summed E-state index contributed by atoms with van der Waals surface area (Å²) in [5.74, 6) is 0.887. The van der Waals surface area contributed by atoms with Crippen LogP contribution in [0.1, 0.15) is 12.8 Å². The average molecular weight is 246 g/mol. The maximum Gasteiger partial charge on any atom is 0.180 e. The first-order valence-electron chi connectivity index (χ1n) is 5.68. The van der Waals surface area contributed by atoms with Gasteiger partial charge in [-0.1, -0.05) is 0 Å². The van der Waals surface area contributed by atoms with Crippen molar-refractivity contribution < 1.29 is 0 Å². The number of aromatic nitrogens is 3. The first-order chi connectivity index (χ1) is 8.31. The average Bonchev–Trinajstić information content (AvgIpc) is 3.17. The molecule has 0 amide bonds. The Hall–Kier alpha value is -1.36. The molecule has 3 rings (SSSR count). The van der Waals surface area contributed by atoms with Gasteiger partial charge in [-0.2, -0.15) is 11.8 Å². The standard InChI is InChI=1S/C12H14N4S/c1-17-12(4-5-12)8-15-10-3-2-9-11(16-10)14-7-6-13-9/h2-3,6-7H,4-5,8H2,1H3,(H,14,15,16). The third-order valence-electron chi connectivity index (χ3n) is 3.16. The van der Waals surface area contributed by atoms with Crippen molar-refractivity contribution in [2.45, 2.75) is 17.6 Å². The highest BCUT2D eigenvalue weighted by molar-refractivity contribution is 8.00. The Morgan fingerprint density at radius 2 is 2.12 bits per heavy atom. The van der Waals surface area contributed by atoms with E-state index in [-0.39, 0.29) is 0 Å². The fraction of sp³-hybridized carbons (Fsp3) is 0.417. The van der Waals surface area contributed by atoms with Crippen molar-refractivity contribution in [3.8, 4) is 0 Å². The summed E-state index contributed by atoms with van der Waals surface area (Å²) in [6.45, 7) is 0.979. The molecular formula is C12H14N4S. The number of rotatable bonds is 4. The number of nitrogens with one attached hydrogen (secondary N) is 1. The van der Waals surface area contributed by atoms with Gasteiger partial charge in [0.1, 0.15) is 11.3 Å². The van der Waals surface area contributed by atoms with Gasteiger partial charge < -0.3 is 5.32 Å². The molecule has 1 fully saturated rings. The summed E-state index contributed by atoms with van der Waals surface area (Å²) in [7, 11) is 0. The van der Waals surface area contributed by atoms with Crippen molar-refractivity contribution in [1.29, 1.82) is 0 Å². The Labute approximate surface area is 104 Å². The van der Waals surface area contributed by atoms with Crippen LogP contribution in [0, 0.1) is 0 Å². The first-order valence-corrected chi connectivity index (χ1v) is 6.91. The van der Waals surface area contributed by atoms with Gasteiger partial charge in [-0.05, 0) is 31.2 Å². The summed E-state index contributed by atoms with van der Waals surface area (Å²) in [5, 5.41) is 3.39. The molecule has 4 nitrogen and oxygen atoms in total. The van der Waals surface area contributed by atoms with E-state index >= 15 is 0 Å². The van der Waals surface area contributed by atoms with Crippen molar-refractivity contribution in [2.75, 3.05) is 18.1 Å². The normalized spacial score (nSPS) is 17.0. The van der Waals surface area contributed by atoms with Gasteiger partial charge in [0.25, 0.3) is 0 Å². The Morgan fingerprint density at radius 3 is 2.88 bits per heavy atom. The van der Waals surface area contributed by atoms with Crippen LogP contribution in [0.15, 0.2) is 24.5 Å². The molecule has 2 aromatic rings. The van der Waals surface area contributed by atoms with Crippen molar-refractivity contribution >= 4 is 28.7 Å². The highest BCUT2D eigenvalue weighted by Crippen LogP contribution is 2.46. The van der Waals surface area contributed by atoms with Crippen LogP contribution in [0.3, 0.4) is 0 Å². The zero-order valence-corrected chi connectivity index (χ0v) is 10.5. The van der Waals surface area contributed by atoms with Crippen LogP contribution in [-0.4, -0.2) is 32.5 Å². The van der Waals surface area contributed by atoms with Crippen LogP contribution in [0.25, 0.3) is 11.2 Å². The zero-order chi connectivity index (χ0) is 11.7. The van der Waals surface area contributed by atoms with Crippen LogP contribution in [0.4, 0.5) is 5.82 Å². The molecule has 2 aromatic heterocycles. The van der Waals surface area contributed by atoms with E-state index < -0.39 is 0 Å². The first kappa shape index (κ1) is 10.8. The molecule has 17 heavy (non-hydrogen) atoms. The summed E-state index contributed by atoms with van der Waals surface area (Å²) in [5.41, 5.74) is 1.54. The van der Waals surface area contributed by atoms with E-state index in [0.717, 1.165) is 17.9 Å². The number of nitrogens with zero attached hydrogens (tertiary/aromatic N) is 3. The lowest BCUT2D eigenvalue weighted by Gasteiger charge is -2.13. The molecule has 0 radical (unpaired) electrons. The predicted molar refractivity (Wildman–Crippen MR) is 71.3 cm³/mol. The van der Waals surface area contributed by atoms with Gasteiger partial charge >= 0.3 is 0 Å². The van der Waals surface area contributed by atoms with Crippen molar-refractivity contribution in [3.05, 3.63) is 24.5 Å². The van der Waals surface area contributed by atoms with E-state index in [4.69, 9.17) is 0 Å². The largest absolute Gasteiger partial charge is 0.369 e. The molecule has 5 heteroatoms. The third kappa shape index (κ3) is 2.20. The molecule has 0 bridgehead atoms. The van der Waals surface area contributed by atoms with Crippen molar-refractivity contribution in [3.63, 3.8) is 0 Å². The molecular weight excluding hydrogens is 232 g/mol. The van der Waals surface area contributed by atoms with Crippen LogP contribution < -0.4 is 5.32 Å². The van der Waals surface area contributed by atoms with E-state index in [1.807, 2.05) is 23.9 Å². The third-order valence-corrected chi connectivity index (χ3v) is 4.58. The van der Waals surface area contributed by atoms with E-state index in [0.29, 0.717) is 10.4 Å². The topological polar surface area (TPSA) is 50.7 Å². The second kappa shape index (κ2) is 4.14. The van der Waals surface area contributed by atoms with Gasteiger partial charge in [0.2, 0.25) is 0 Å². The zero-order valence-electron chi connectivity index (χ0n) is 9.68. The molecule has 88 valence electrons. The summed E-state index contributed by atoms with van der Waals surface area (Å²) >= 11 is 1.94. The molecule has 1 aliphatic rings. The molecule has 0 aromatic carbocycles. The van der Waals surface area contributed by atoms with Gasteiger partial charge in [-0.25, -0.2) is 9.97 Å². The van der Waals surface area contributed by atoms with Crippen molar-refractivity contribution in [1.82, 2.24) is 15.0 Å². The Morgan fingerprint density at radius 1 is 1.29 bits per heavy atom. The number of thioether (sulfide) groups is 1. The van der Waals surface area contributed by atoms with E-state index in [2.05, 4.69) is 26.5 Å². The minimum Gasteiger partial charge on any atom is -0.369 e. The maximum absolute atomic E-state index is 4.45. The predicted octanol–water partition coefficient (Wildman–Crippen LogP) is 2.33. The Bertz CT molecular complexity index is 539. The monoisotopic (exact) mass is 246 g/mol. The quantitative estimate of drug-likeness (QED) is 0.897. The van der Waals surface area contributed by atoms with Crippen LogP contribution in [-0.2, 0) is 0 Å². The molecule has 2 heterocycles. The summed E-state index contributed by atoms with van der Waals surface area (Å²) < 4.78 is 0.443. The minimum atomic E-state index is 0.443. The highest BCUT2D eigenvalue weighted by Gasteiger charge is 2.41. The molecule has 1 saturated carbocycles. The SMILES string of the molecule is CSC1(CNc2ccc3nccnc3n2)CC1. The number of fused-ring (bicyclic) bond motifs is 1. The van der Waals surface area contributed by atoms with Crippen molar-refractivity contribution in [2.24, 2.45) is 0 Å². The summed E-state index contributed by atoms with van der Waals surface area (Å²) in [6, 6.07) is 3.92. The van der Waals surface area contributed by atoms with Gasteiger partial charge in [0, 0.05) is 23.7 Å². The Kier molecular flexibility index (Phi) is 2.63. The summed E-state index contributed by atoms with van der Waals surface area (Å²) in [6.07, 6.45) is 8.13. The number of pyridine rings is 1. The Balaban J connectivity index is 1.77. The van der Waals surface area contributed by atoms with Gasteiger partial charge in [-0.3, -0.25) is 4.98 Å². The molecule has 1 aliphatic carbocycles. The molecule has 1 N–H and O–H groups in total. The van der Waals surface area contributed by atoms with Crippen LogP contribution >= 0.6 is 11.8 Å². The highest BCUT2D eigenvalue weighted by atomic mass is 32.2. The van der Waals surface area contributed by atoms with Gasteiger partial charge in [0.05, 0.1) is 0 Å². The van der Waals surface area contributed by atoms with E-state index in [1.165, 1.54) is 12.8 Å².